The van der Waals surface area contributed by atoms with E-state index in [1.54, 1.807) is 0 Å². The van der Waals surface area contributed by atoms with Crippen LogP contribution in [-0.2, 0) is 4.79 Å². The number of hydrogen-bond acceptors (Lipinski definition) is 4. The van der Waals surface area contributed by atoms with E-state index in [0.29, 0.717) is 5.75 Å². The summed E-state index contributed by atoms with van der Waals surface area (Å²) < 4.78 is 5.90. The zero-order valence-corrected chi connectivity index (χ0v) is 16.6. The molecule has 0 unspecified atom stereocenters. The Morgan fingerprint density at radius 2 is 1.83 bits per heavy atom. The zero-order chi connectivity index (χ0) is 19.8. The second-order valence-corrected chi connectivity index (χ2v) is 7.94. The number of para-hydroxylation sites is 2. The molecule has 2 aromatic heterocycles. The van der Waals surface area contributed by atoms with Gasteiger partial charge in [-0.3, -0.25) is 9.78 Å². The number of carbonyl (C=O) groups excluding carboxylic acids is 1. The summed E-state index contributed by atoms with van der Waals surface area (Å²) in [5, 5.41) is 6.17. The van der Waals surface area contributed by atoms with E-state index in [1.165, 1.54) is 11.8 Å². The molecule has 0 radical (unpaired) electrons. The third kappa shape index (κ3) is 3.45. The van der Waals surface area contributed by atoms with Gasteiger partial charge in [-0.05, 0) is 37.3 Å². The maximum Gasteiger partial charge on any atom is 0.234 e. The number of fused-ring (bicyclic) bond motifs is 4. The molecule has 5 aromatic rings. The molecule has 142 valence electrons. The lowest BCUT2D eigenvalue weighted by Crippen LogP contribution is -2.13. The molecule has 0 saturated heterocycles. The fourth-order valence-electron chi connectivity index (χ4n) is 3.48. The number of furan rings is 1. The first-order chi connectivity index (χ1) is 14.2. The number of nitrogens with one attached hydrogen (secondary N) is 1. The summed E-state index contributed by atoms with van der Waals surface area (Å²) in [6.07, 6.45) is 0. The number of benzene rings is 3. The van der Waals surface area contributed by atoms with Gasteiger partial charge >= 0.3 is 0 Å². The van der Waals surface area contributed by atoms with Crippen molar-refractivity contribution in [2.75, 3.05) is 11.1 Å². The summed E-state index contributed by atoms with van der Waals surface area (Å²) in [6, 6.07) is 23.8. The van der Waals surface area contributed by atoms with Crippen LogP contribution in [0.3, 0.4) is 0 Å². The quantitative estimate of drug-likeness (QED) is 0.368. The Morgan fingerprint density at radius 1 is 0.966 bits per heavy atom. The van der Waals surface area contributed by atoms with Crippen molar-refractivity contribution in [2.24, 2.45) is 0 Å². The Bertz CT molecular complexity index is 1370. The predicted octanol–water partition coefficient (Wildman–Crippen LogP) is 6.17. The molecule has 4 nitrogen and oxygen atoms in total. The van der Waals surface area contributed by atoms with Crippen molar-refractivity contribution in [3.63, 3.8) is 0 Å². The van der Waals surface area contributed by atoms with Crippen molar-refractivity contribution >= 4 is 56.2 Å². The number of thioether (sulfide) groups is 1. The molecule has 29 heavy (non-hydrogen) atoms. The van der Waals surface area contributed by atoms with Crippen LogP contribution < -0.4 is 5.32 Å². The average molecular weight is 398 g/mol. The van der Waals surface area contributed by atoms with Crippen LogP contribution in [0.25, 0.3) is 32.8 Å². The Labute approximate surface area is 171 Å². The standard InChI is InChI=1S/C24H18N2O2S/c1-15-9-10-16-5-4-8-22(24(16)25-15)29-14-23(27)26-17-11-12-19-18-6-2-3-7-20(18)28-21(19)13-17/h2-13H,14H2,1H3,(H,26,27). The van der Waals surface area contributed by atoms with Gasteiger partial charge in [0, 0.05) is 38.5 Å². The molecule has 0 aliphatic rings. The Morgan fingerprint density at radius 3 is 2.76 bits per heavy atom. The molecule has 1 N–H and O–H groups in total. The van der Waals surface area contributed by atoms with E-state index in [9.17, 15) is 4.79 Å². The lowest BCUT2D eigenvalue weighted by Gasteiger charge is -2.07. The second-order valence-electron chi connectivity index (χ2n) is 6.93. The Hall–Kier alpha value is -3.31. The molecule has 0 aliphatic heterocycles. The molecule has 0 atom stereocenters. The van der Waals surface area contributed by atoms with E-state index in [0.717, 1.165) is 49.1 Å². The maximum atomic E-state index is 12.5. The summed E-state index contributed by atoms with van der Waals surface area (Å²) >= 11 is 1.50. The SMILES string of the molecule is Cc1ccc2cccc(SCC(=O)Nc3ccc4c(c3)oc3ccccc34)c2n1. The second kappa shape index (κ2) is 7.26. The molecule has 1 amide bonds. The summed E-state index contributed by atoms with van der Waals surface area (Å²) in [6.45, 7) is 1.97. The van der Waals surface area contributed by atoms with Gasteiger partial charge < -0.3 is 9.73 Å². The fourth-order valence-corrected chi connectivity index (χ4v) is 4.31. The minimum absolute atomic E-state index is 0.0601. The normalized spacial score (nSPS) is 11.3. The first-order valence-corrected chi connectivity index (χ1v) is 10.4. The summed E-state index contributed by atoms with van der Waals surface area (Å²) in [5.74, 6) is 0.252. The molecule has 3 aromatic carbocycles. The lowest BCUT2D eigenvalue weighted by molar-refractivity contribution is -0.113. The van der Waals surface area contributed by atoms with Crippen molar-refractivity contribution in [3.8, 4) is 0 Å². The lowest BCUT2D eigenvalue weighted by atomic mass is 10.1. The molecular formula is C24H18N2O2S. The van der Waals surface area contributed by atoms with Gasteiger partial charge in [-0.2, -0.15) is 0 Å². The highest BCUT2D eigenvalue weighted by Crippen LogP contribution is 2.31. The summed E-state index contributed by atoms with van der Waals surface area (Å²) in [5.41, 5.74) is 4.25. The first kappa shape index (κ1) is 17.8. The van der Waals surface area contributed by atoms with E-state index in [1.807, 2.05) is 73.7 Å². The number of aryl methyl sites for hydroxylation is 1. The number of aromatic nitrogens is 1. The van der Waals surface area contributed by atoms with Gasteiger partial charge in [0.1, 0.15) is 11.2 Å². The highest BCUT2D eigenvalue weighted by atomic mass is 32.2. The van der Waals surface area contributed by atoms with E-state index in [4.69, 9.17) is 4.42 Å². The van der Waals surface area contributed by atoms with Crippen molar-refractivity contribution in [2.45, 2.75) is 11.8 Å². The van der Waals surface area contributed by atoms with E-state index >= 15 is 0 Å². The van der Waals surface area contributed by atoms with Crippen LogP contribution in [0.1, 0.15) is 5.69 Å². The smallest absolute Gasteiger partial charge is 0.234 e. The van der Waals surface area contributed by atoms with Gasteiger partial charge in [0.05, 0.1) is 11.3 Å². The molecule has 0 fully saturated rings. The number of rotatable bonds is 4. The van der Waals surface area contributed by atoms with Crippen LogP contribution in [0.4, 0.5) is 5.69 Å². The first-order valence-electron chi connectivity index (χ1n) is 9.38. The van der Waals surface area contributed by atoms with Crippen molar-refractivity contribution in [1.29, 1.82) is 0 Å². The van der Waals surface area contributed by atoms with Crippen LogP contribution in [0, 0.1) is 6.92 Å². The molecule has 0 spiro atoms. The number of pyridine rings is 1. The summed E-state index contributed by atoms with van der Waals surface area (Å²) in [7, 11) is 0. The molecule has 5 rings (SSSR count). The number of hydrogen-bond donors (Lipinski definition) is 1. The third-order valence-electron chi connectivity index (χ3n) is 4.84. The minimum Gasteiger partial charge on any atom is -0.456 e. The molecule has 5 heteroatoms. The molecule has 0 bridgehead atoms. The van der Waals surface area contributed by atoms with Crippen molar-refractivity contribution < 1.29 is 9.21 Å². The largest absolute Gasteiger partial charge is 0.456 e. The van der Waals surface area contributed by atoms with Gasteiger partial charge in [-0.15, -0.1) is 11.8 Å². The number of carbonyl (C=O) groups is 1. The van der Waals surface area contributed by atoms with E-state index < -0.39 is 0 Å². The van der Waals surface area contributed by atoms with E-state index in [-0.39, 0.29) is 5.91 Å². The Kier molecular flexibility index (Phi) is 4.45. The van der Waals surface area contributed by atoms with Gasteiger partial charge in [0.2, 0.25) is 5.91 Å². The number of anilines is 1. The molecular weight excluding hydrogens is 380 g/mol. The monoisotopic (exact) mass is 398 g/mol. The van der Waals surface area contributed by atoms with Gasteiger partial charge in [0.25, 0.3) is 0 Å². The molecule has 0 saturated carbocycles. The molecule has 2 heterocycles. The van der Waals surface area contributed by atoms with Gasteiger partial charge in [-0.1, -0.05) is 36.4 Å². The van der Waals surface area contributed by atoms with Crippen molar-refractivity contribution in [3.05, 3.63) is 78.5 Å². The van der Waals surface area contributed by atoms with Crippen LogP contribution in [0.2, 0.25) is 0 Å². The summed E-state index contributed by atoms with van der Waals surface area (Å²) in [4.78, 5) is 18.1. The van der Waals surface area contributed by atoms with Gasteiger partial charge in [0.15, 0.2) is 0 Å². The zero-order valence-electron chi connectivity index (χ0n) is 15.8. The van der Waals surface area contributed by atoms with Crippen LogP contribution >= 0.6 is 11.8 Å². The topological polar surface area (TPSA) is 55.1 Å². The number of nitrogens with zero attached hydrogens (tertiary/aromatic N) is 1. The number of amides is 1. The highest BCUT2D eigenvalue weighted by Gasteiger charge is 2.10. The fraction of sp³-hybridized carbons (Fsp3) is 0.0833. The maximum absolute atomic E-state index is 12.5. The minimum atomic E-state index is -0.0601. The van der Waals surface area contributed by atoms with Crippen molar-refractivity contribution in [1.82, 2.24) is 4.98 Å². The van der Waals surface area contributed by atoms with Crippen LogP contribution in [-0.4, -0.2) is 16.6 Å². The van der Waals surface area contributed by atoms with Crippen LogP contribution in [0.5, 0.6) is 0 Å². The van der Waals surface area contributed by atoms with Gasteiger partial charge in [-0.25, -0.2) is 0 Å². The van der Waals surface area contributed by atoms with E-state index in [2.05, 4.69) is 16.4 Å². The molecule has 0 aliphatic carbocycles. The highest BCUT2D eigenvalue weighted by molar-refractivity contribution is 8.00. The van der Waals surface area contributed by atoms with Crippen LogP contribution in [0.15, 0.2) is 82.1 Å². The predicted molar refractivity (Wildman–Crippen MR) is 120 cm³/mol. The average Bonchev–Trinajstić information content (AvgIpc) is 3.10. The Balaban J connectivity index is 1.33. The third-order valence-corrected chi connectivity index (χ3v) is 5.89.